The van der Waals surface area contributed by atoms with Gasteiger partial charge in [0.25, 0.3) is 0 Å². The van der Waals surface area contributed by atoms with Crippen molar-refractivity contribution in [2.24, 2.45) is 0 Å². The van der Waals surface area contributed by atoms with Gasteiger partial charge < -0.3 is 14.5 Å². The molecule has 1 atom stereocenters. The van der Waals surface area contributed by atoms with E-state index in [-0.39, 0.29) is 0 Å². The first kappa shape index (κ1) is 13.2. The second-order valence-electron chi connectivity index (χ2n) is 4.71. The lowest BCUT2D eigenvalue weighted by atomic mass is 10.2. The van der Waals surface area contributed by atoms with Gasteiger partial charge in [-0.25, -0.2) is 0 Å². The zero-order valence-corrected chi connectivity index (χ0v) is 12.0. The molecule has 0 fully saturated rings. The molecule has 2 heterocycles. The molecule has 18 heavy (non-hydrogen) atoms. The van der Waals surface area contributed by atoms with E-state index in [2.05, 4.69) is 40.3 Å². The summed E-state index contributed by atoms with van der Waals surface area (Å²) in [5.74, 6) is 0. The molecular weight excluding hydrogens is 244 g/mol. The first-order chi connectivity index (χ1) is 8.63. The van der Waals surface area contributed by atoms with E-state index in [0.29, 0.717) is 6.04 Å². The number of rotatable bonds is 5. The molecule has 4 nitrogen and oxygen atoms in total. The third-order valence-corrected chi connectivity index (χ3v) is 3.92. The van der Waals surface area contributed by atoms with Gasteiger partial charge in [0.1, 0.15) is 0 Å². The van der Waals surface area contributed by atoms with Crippen LogP contribution < -0.4 is 0 Å². The van der Waals surface area contributed by atoms with Gasteiger partial charge in [0.05, 0.1) is 17.2 Å². The molecule has 0 saturated carbocycles. The molecule has 0 aliphatic carbocycles. The number of nitrogens with zero attached hydrogens (tertiary/aromatic N) is 3. The first-order valence-electron chi connectivity index (χ1n) is 6.36. The molecule has 0 aliphatic rings. The van der Waals surface area contributed by atoms with Crippen molar-refractivity contribution in [2.45, 2.75) is 32.9 Å². The maximum Gasteiger partial charge on any atom is 0.178 e. The number of likely N-dealkylation sites (N-methyl/N-ethyl adjacent to an activating group) is 1. The average Bonchev–Trinajstić information content (AvgIpc) is 2.70. The molecule has 0 amide bonds. The average molecular weight is 264 g/mol. The molecule has 0 saturated heterocycles. The van der Waals surface area contributed by atoms with E-state index >= 15 is 0 Å². The zero-order valence-electron chi connectivity index (χ0n) is 11.2. The van der Waals surface area contributed by atoms with Crippen molar-refractivity contribution in [1.82, 2.24) is 19.4 Å². The van der Waals surface area contributed by atoms with Crippen LogP contribution >= 0.6 is 12.2 Å². The summed E-state index contributed by atoms with van der Waals surface area (Å²) in [6, 6.07) is 2.61. The summed E-state index contributed by atoms with van der Waals surface area (Å²) in [6.45, 7) is 6.37. The fourth-order valence-corrected chi connectivity index (χ4v) is 2.32. The number of imidazole rings is 1. The number of aromatic nitrogens is 3. The molecule has 2 aromatic rings. The van der Waals surface area contributed by atoms with Gasteiger partial charge in [-0.3, -0.25) is 4.98 Å². The highest BCUT2D eigenvalue weighted by atomic mass is 32.1. The first-order valence-corrected chi connectivity index (χ1v) is 6.77. The number of hydrogen-bond acceptors (Lipinski definition) is 3. The SMILES string of the molecule is CCC(C)N(C)CCn1c(=S)[nH]c2cnccc21. The topological polar surface area (TPSA) is 36.9 Å². The fourth-order valence-electron chi connectivity index (χ4n) is 2.02. The third kappa shape index (κ3) is 2.62. The van der Waals surface area contributed by atoms with Gasteiger partial charge in [0.2, 0.25) is 0 Å². The zero-order chi connectivity index (χ0) is 13.1. The van der Waals surface area contributed by atoms with Crippen LogP contribution in [0.2, 0.25) is 0 Å². The molecule has 0 aromatic carbocycles. The van der Waals surface area contributed by atoms with Gasteiger partial charge in [-0.05, 0) is 38.7 Å². The van der Waals surface area contributed by atoms with E-state index in [1.807, 2.05) is 12.3 Å². The summed E-state index contributed by atoms with van der Waals surface area (Å²) in [7, 11) is 2.16. The van der Waals surface area contributed by atoms with Crippen LogP contribution in [0.1, 0.15) is 20.3 Å². The Hall–Kier alpha value is -1.20. The van der Waals surface area contributed by atoms with Crippen molar-refractivity contribution in [2.75, 3.05) is 13.6 Å². The molecule has 98 valence electrons. The largest absolute Gasteiger partial charge is 0.329 e. The molecule has 5 heteroatoms. The standard InChI is InChI=1S/C13H20N4S/c1-4-10(2)16(3)7-8-17-12-5-6-14-9-11(12)15-13(17)18/h5-6,9-10H,4,7-8H2,1-3H3,(H,15,18). The minimum atomic E-state index is 0.603. The Kier molecular flexibility index (Phi) is 4.14. The summed E-state index contributed by atoms with van der Waals surface area (Å²) in [4.78, 5) is 9.66. The number of pyridine rings is 1. The van der Waals surface area contributed by atoms with Crippen LogP contribution in [-0.4, -0.2) is 39.1 Å². The maximum absolute atomic E-state index is 5.36. The van der Waals surface area contributed by atoms with E-state index in [9.17, 15) is 0 Å². The van der Waals surface area contributed by atoms with Gasteiger partial charge >= 0.3 is 0 Å². The highest BCUT2D eigenvalue weighted by Gasteiger charge is 2.08. The van der Waals surface area contributed by atoms with Gasteiger partial charge in [-0.2, -0.15) is 0 Å². The van der Waals surface area contributed by atoms with Crippen molar-refractivity contribution in [1.29, 1.82) is 0 Å². The van der Waals surface area contributed by atoms with E-state index < -0.39 is 0 Å². The second kappa shape index (κ2) is 5.63. The summed E-state index contributed by atoms with van der Waals surface area (Å²) < 4.78 is 2.92. The van der Waals surface area contributed by atoms with Crippen LogP contribution in [-0.2, 0) is 6.54 Å². The van der Waals surface area contributed by atoms with Crippen molar-refractivity contribution >= 4 is 23.3 Å². The lowest BCUT2D eigenvalue weighted by Gasteiger charge is -2.23. The molecule has 2 rings (SSSR count). The number of nitrogens with one attached hydrogen (secondary N) is 1. The smallest absolute Gasteiger partial charge is 0.178 e. The monoisotopic (exact) mass is 264 g/mol. The van der Waals surface area contributed by atoms with E-state index in [0.717, 1.165) is 28.9 Å². The summed E-state index contributed by atoms with van der Waals surface area (Å²) in [6.07, 6.45) is 4.79. The van der Waals surface area contributed by atoms with E-state index in [1.54, 1.807) is 6.20 Å². The van der Waals surface area contributed by atoms with Crippen molar-refractivity contribution in [3.05, 3.63) is 23.2 Å². The van der Waals surface area contributed by atoms with Gasteiger partial charge in [0, 0.05) is 25.3 Å². The minimum Gasteiger partial charge on any atom is -0.329 e. The van der Waals surface area contributed by atoms with Crippen LogP contribution in [0.25, 0.3) is 11.0 Å². The Morgan fingerprint density at radius 3 is 3.06 bits per heavy atom. The van der Waals surface area contributed by atoms with Crippen molar-refractivity contribution in [3.8, 4) is 0 Å². The summed E-state index contributed by atoms with van der Waals surface area (Å²) >= 11 is 5.36. The predicted molar refractivity (Wildman–Crippen MR) is 77.3 cm³/mol. The maximum atomic E-state index is 5.36. The normalized spacial score (nSPS) is 13.3. The third-order valence-electron chi connectivity index (χ3n) is 3.60. The van der Waals surface area contributed by atoms with Crippen molar-refractivity contribution < 1.29 is 0 Å². The molecule has 0 radical (unpaired) electrons. The molecule has 2 aromatic heterocycles. The second-order valence-corrected chi connectivity index (χ2v) is 5.10. The molecule has 1 unspecified atom stereocenters. The Balaban J connectivity index is 2.17. The lowest BCUT2D eigenvalue weighted by molar-refractivity contribution is 0.243. The van der Waals surface area contributed by atoms with Crippen LogP contribution in [0.3, 0.4) is 0 Å². The number of hydrogen-bond donors (Lipinski definition) is 1. The Labute approximate surface area is 113 Å². The predicted octanol–water partition coefficient (Wildman–Crippen LogP) is 2.82. The van der Waals surface area contributed by atoms with Crippen LogP contribution in [0.4, 0.5) is 0 Å². The molecule has 0 aliphatic heterocycles. The highest BCUT2D eigenvalue weighted by Crippen LogP contribution is 2.12. The fraction of sp³-hybridized carbons (Fsp3) is 0.538. The number of H-pyrrole nitrogens is 1. The van der Waals surface area contributed by atoms with Crippen LogP contribution in [0, 0.1) is 4.77 Å². The van der Waals surface area contributed by atoms with Gasteiger partial charge in [-0.15, -0.1) is 0 Å². The van der Waals surface area contributed by atoms with Crippen LogP contribution in [0.15, 0.2) is 18.5 Å². The molecule has 0 spiro atoms. The van der Waals surface area contributed by atoms with E-state index in [1.165, 1.54) is 6.42 Å². The Morgan fingerprint density at radius 2 is 2.33 bits per heavy atom. The number of fused-ring (bicyclic) bond motifs is 1. The summed E-state index contributed by atoms with van der Waals surface area (Å²) in [5, 5.41) is 0. The van der Waals surface area contributed by atoms with Gasteiger partial charge in [0.15, 0.2) is 4.77 Å². The molecule has 1 N–H and O–H groups in total. The lowest BCUT2D eigenvalue weighted by Crippen LogP contribution is -2.31. The quantitative estimate of drug-likeness (QED) is 0.844. The van der Waals surface area contributed by atoms with E-state index in [4.69, 9.17) is 12.2 Å². The summed E-state index contributed by atoms with van der Waals surface area (Å²) in [5.41, 5.74) is 2.14. The highest BCUT2D eigenvalue weighted by molar-refractivity contribution is 7.71. The number of aromatic amines is 1. The Morgan fingerprint density at radius 1 is 1.56 bits per heavy atom. The van der Waals surface area contributed by atoms with Crippen molar-refractivity contribution in [3.63, 3.8) is 0 Å². The van der Waals surface area contributed by atoms with Gasteiger partial charge in [-0.1, -0.05) is 6.92 Å². The Bertz CT molecular complexity index is 572. The van der Waals surface area contributed by atoms with Crippen LogP contribution in [0.5, 0.6) is 0 Å². The molecular formula is C13H20N4S. The molecule has 0 bridgehead atoms. The minimum absolute atomic E-state index is 0.603.